The molecule has 2 heterocycles. The molecule has 1 N–H and O–H groups in total. The summed E-state index contributed by atoms with van der Waals surface area (Å²) in [4.78, 5) is 23.5. The first-order valence-electron chi connectivity index (χ1n) is 6.36. The summed E-state index contributed by atoms with van der Waals surface area (Å²) < 4.78 is 49.0. The van der Waals surface area contributed by atoms with Gasteiger partial charge in [-0.15, -0.1) is 0 Å². The van der Waals surface area contributed by atoms with E-state index >= 15 is 0 Å². The van der Waals surface area contributed by atoms with Gasteiger partial charge in [0.15, 0.2) is 6.79 Å². The second-order valence-corrected chi connectivity index (χ2v) is 4.84. The number of nitrogens with zero attached hydrogens (tertiary/aromatic N) is 1. The molecule has 0 saturated carbocycles. The zero-order valence-electron chi connectivity index (χ0n) is 11.4. The van der Waals surface area contributed by atoms with Crippen LogP contribution in [0.5, 0.6) is 5.75 Å². The van der Waals surface area contributed by atoms with E-state index in [4.69, 9.17) is 14.6 Å². The van der Waals surface area contributed by atoms with Gasteiger partial charge in [-0.05, 0) is 12.1 Å². The first-order valence-corrected chi connectivity index (χ1v) is 6.36. The van der Waals surface area contributed by atoms with Gasteiger partial charge in [-0.1, -0.05) is 0 Å². The quantitative estimate of drug-likeness (QED) is 0.914. The van der Waals surface area contributed by atoms with Crippen molar-refractivity contribution in [3.8, 4) is 5.75 Å². The third kappa shape index (κ3) is 2.74. The van der Waals surface area contributed by atoms with Crippen LogP contribution in [0.25, 0.3) is 10.9 Å². The average molecular weight is 328 g/mol. The van der Waals surface area contributed by atoms with Crippen LogP contribution in [-0.4, -0.2) is 28.6 Å². The number of carboxylic acids is 1. The Kier molecular flexibility index (Phi) is 3.52. The Bertz CT molecular complexity index is 856. The van der Waals surface area contributed by atoms with Gasteiger partial charge in [-0.25, -0.2) is 4.79 Å². The van der Waals surface area contributed by atoms with E-state index in [2.05, 4.69) is 0 Å². The van der Waals surface area contributed by atoms with Crippen LogP contribution in [0.15, 0.2) is 23.1 Å². The summed E-state index contributed by atoms with van der Waals surface area (Å²) in [7, 11) is 0. The molecule has 0 bridgehead atoms. The molecule has 0 unspecified atom stereocenters. The molecule has 1 aromatic heterocycles. The molecule has 0 saturated heterocycles. The van der Waals surface area contributed by atoms with Gasteiger partial charge < -0.3 is 19.1 Å². The van der Waals surface area contributed by atoms with E-state index in [9.17, 15) is 22.8 Å². The largest absolute Gasteiger partial charge is 0.477 e. The normalized spacial score (nSPS) is 14.4. The molecule has 1 aromatic carbocycles. The Balaban J connectivity index is 2.38. The predicted molar refractivity (Wildman–Crippen MR) is 71.2 cm³/mol. The minimum atomic E-state index is -4.58. The molecule has 0 amide bonds. The lowest BCUT2D eigenvalue weighted by Gasteiger charge is -2.21. The van der Waals surface area contributed by atoms with Crippen molar-refractivity contribution in [1.29, 1.82) is 0 Å². The zero-order valence-corrected chi connectivity index (χ0v) is 11.4. The van der Waals surface area contributed by atoms with Crippen LogP contribution in [0.2, 0.25) is 0 Å². The third-order valence-corrected chi connectivity index (χ3v) is 3.31. The topological polar surface area (TPSA) is 77.8 Å². The highest BCUT2D eigenvalue weighted by atomic mass is 19.4. The van der Waals surface area contributed by atoms with E-state index in [1.54, 1.807) is 0 Å². The van der Waals surface area contributed by atoms with Crippen molar-refractivity contribution in [1.82, 2.24) is 4.57 Å². The van der Waals surface area contributed by atoms with Gasteiger partial charge in [-0.2, -0.15) is 13.2 Å². The first-order chi connectivity index (χ1) is 10.8. The molecule has 0 spiro atoms. The Labute approximate surface area is 126 Å². The number of carboxylic acid groups (broad SMARTS) is 1. The van der Waals surface area contributed by atoms with Gasteiger partial charge in [0.25, 0.3) is 0 Å². The molecule has 6 nitrogen and oxygen atoms in total. The lowest BCUT2D eigenvalue weighted by molar-refractivity contribution is -0.140. The third-order valence-electron chi connectivity index (χ3n) is 3.31. The summed E-state index contributed by atoms with van der Waals surface area (Å²) >= 11 is 0. The minimum Gasteiger partial charge on any atom is -0.477 e. The average Bonchev–Trinajstić information content (AvgIpc) is 2.47. The maximum atomic E-state index is 12.7. The summed E-state index contributed by atoms with van der Waals surface area (Å²) in [6.45, 7) is -0.357. The number of hydrogen-bond acceptors (Lipinski definition) is 4. The van der Waals surface area contributed by atoms with Gasteiger partial charge >= 0.3 is 12.1 Å². The molecular formula is C14H9F3NO5. The number of alkyl halides is 3. The molecule has 0 fully saturated rings. The highest BCUT2D eigenvalue weighted by Gasteiger charge is 2.30. The molecule has 2 aromatic rings. The van der Waals surface area contributed by atoms with Crippen molar-refractivity contribution in [2.75, 3.05) is 6.79 Å². The van der Waals surface area contributed by atoms with Crippen molar-refractivity contribution >= 4 is 16.9 Å². The lowest BCUT2D eigenvalue weighted by Crippen LogP contribution is -2.25. The van der Waals surface area contributed by atoms with Gasteiger partial charge in [0.2, 0.25) is 5.43 Å². The number of benzene rings is 1. The fourth-order valence-corrected chi connectivity index (χ4v) is 2.42. The number of aromatic nitrogens is 1. The van der Waals surface area contributed by atoms with Crippen molar-refractivity contribution in [2.45, 2.75) is 12.7 Å². The number of carbonyl (C=O) groups is 1. The number of pyridine rings is 1. The van der Waals surface area contributed by atoms with Crippen LogP contribution in [-0.2, 0) is 11.3 Å². The van der Waals surface area contributed by atoms with Crippen LogP contribution in [0.4, 0.5) is 13.2 Å². The zero-order chi connectivity index (χ0) is 16.8. The van der Waals surface area contributed by atoms with Crippen LogP contribution in [0.3, 0.4) is 0 Å². The summed E-state index contributed by atoms with van der Waals surface area (Å²) in [5, 5.41) is 8.90. The summed E-state index contributed by atoms with van der Waals surface area (Å²) in [5.41, 5.74) is -1.58. The second kappa shape index (κ2) is 5.27. The smallest absolute Gasteiger partial charge is 0.406 e. The molecule has 9 heteroatoms. The van der Waals surface area contributed by atoms with E-state index in [0.29, 0.717) is 10.8 Å². The maximum Gasteiger partial charge on any atom is 0.406 e. The van der Waals surface area contributed by atoms with Crippen LogP contribution >= 0.6 is 0 Å². The van der Waals surface area contributed by atoms with Crippen molar-refractivity contribution in [2.24, 2.45) is 0 Å². The molecule has 1 aliphatic rings. The fraction of sp³-hybridized carbons (Fsp3) is 0.214. The lowest BCUT2D eigenvalue weighted by atomic mass is 10.0. The Hall–Kier alpha value is -2.55. The molecule has 0 atom stereocenters. The molecule has 1 aliphatic heterocycles. The van der Waals surface area contributed by atoms with E-state index in [1.165, 1.54) is 18.7 Å². The van der Waals surface area contributed by atoms with Crippen molar-refractivity contribution in [3.63, 3.8) is 0 Å². The molecule has 121 valence electrons. The molecule has 1 radical (unpaired) electrons. The van der Waals surface area contributed by atoms with E-state index in [0.717, 1.165) is 0 Å². The van der Waals surface area contributed by atoms with E-state index in [-0.39, 0.29) is 29.0 Å². The second-order valence-electron chi connectivity index (χ2n) is 4.84. The standard InChI is InChI=1S/C14H9F3NO5/c15-14(16,17)5-18-3-7(13(20)21)12(19)11-8-4-22-6-23-10(8)2-1-9(11)18/h1-4H,5-6H2,(H,20,21). The first kappa shape index (κ1) is 15.3. The fourth-order valence-electron chi connectivity index (χ4n) is 2.42. The van der Waals surface area contributed by atoms with Gasteiger partial charge in [0.1, 0.15) is 24.5 Å². The Morgan fingerprint density at radius 1 is 1.35 bits per heavy atom. The van der Waals surface area contributed by atoms with Crippen LogP contribution < -0.4 is 10.2 Å². The minimum absolute atomic E-state index is 0.0542. The Morgan fingerprint density at radius 2 is 2.09 bits per heavy atom. The van der Waals surface area contributed by atoms with Crippen LogP contribution in [0.1, 0.15) is 15.9 Å². The highest BCUT2D eigenvalue weighted by molar-refractivity contribution is 5.95. The monoisotopic (exact) mass is 328 g/mol. The number of halogens is 3. The number of hydrogen-bond donors (Lipinski definition) is 1. The molecule has 3 rings (SSSR count). The predicted octanol–water partition coefficient (Wildman–Crippen LogP) is 2.14. The Morgan fingerprint density at radius 3 is 2.74 bits per heavy atom. The molecule has 0 aliphatic carbocycles. The number of aromatic carboxylic acids is 1. The van der Waals surface area contributed by atoms with Gasteiger partial charge in [-0.3, -0.25) is 4.79 Å². The SMILES string of the molecule is O=C(O)c1cn(CC(F)(F)F)c2ccc3c(c2c1=O)[CH]OCO3. The number of fused-ring (bicyclic) bond motifs is 3. The van der Waals surface area contributed by atoms with Crippen molar-refractivity contribution < 1.29 is 32.5 Å². The molecular weight excluding hydrogens is 319 g/mol. The van der Waals surface area contributed by atoms with E-state index in [1.807, 2.05) is 0 Å². The highest BCUT2D eigenvalue weighted by Crippen LogP contribution is 2.31. The van der Waals surface area contributed by atoms with E-state index < -0.39 is 29.7 Å². The summed E-state index contributed by atoms with van der Waals surface area (Å²) in [6, 6.07) is 2.69. The number of rotatable bonds is 2. The number of ether oxygens (including phenoxy) is 2. The maximum absolute atomic E-state index is 12.7. The van der Waals surface area contributed by atoms with Crippen molar-refractivity contribution in [3.05, 3.63) is 46.3 Å². The summed E-state index contributed by atoms with van der Waals surface area (Å²) in [5.74, 6) is -1.37. The van der Waals surface area contributed by atoms with Crippen LogP contribution in [0, 0.1) is 6.61 Å². The summed E-state index contributed by atoms with van der Waals surface area (Å²) in [6.07, 6.45) is -3.89. The van der Waals surface area contributed by atoms with Gasteiger partial charge in [0, 0.05) is 11.8 Å². The van der Waals surface area contributed by atoms with Gasteiger partial charge in [0.05, 0.1) is 10.9 Å². The molecule has 23 heavy (non-hydrogen) atoms.